The van der Waals surface area contributed by atoms with Gasteiger partial charge in [-0.05, 0) is 45.1 Å². The van der Waals surface area contributed by atoms with Crippen molar-refractivity contribution in [2.45, 2.75) is 31.2 Å². The molecule has 5 heteroatoms. The van der Waals surface area contributed by atoms with Gasteiger partial charge in [-0.25, -0.2) is 4.79 Å². The Hall–Kier alpha value is -1.75. The van der Waals surface area contributed by atoms with Crippen LogP contribution in [0.2, 0.25) is 0 Å². The van der Waals surface area contributed by atoms with Crippen molar-refractivity contribution in [2.24, 2.45) is 0 Å². The third-order valence-corrected chi connectivity index (χ3v) is 4.56. The van der Waals surface area contributed by atoms with Crippen LogP contribution in [0.5, 0.6) is 0 Å². The maximum absolute atomic E-state index is 11.7. The number of ether oxygens (including phenoxy) is 1. The molecule has 21 heavy (non-hydrogen) atoms. The predicted octanol–water partition coefficient (Wildman–Crippen LogP) is 2.34. The van der Waals surface area contributed by atoms with Gasteiger partial charge in [-0.2, -0.15) is 0 Å². The second-order valence-electron chi connectivity index (χ2n) is 5.97. The lowest BCUT2D eigenvalue weighted by Gasteiger charge is -2.36. The van der Waals surface area contributed by atoms with Crippen LogP contribution in [0.4, 0.5) is 11.4 Å². The number of esters is 1. The zero-order valence-electron chi connectivity index (χ0n) is 13.1. The molecule has 116 valence electrons. The van der Waals surface area contributed by atoms with Crippen molar-refractivity contribution < 1.29 is 9.53 Å². The summed E-state index contributed by atoms with van der Waals surface area (Å²) in [6.07, 6.45) is 4.95. The van der Waals surface area contributed by atoms with Crippen LogP contribution in [-0.4, -0.2) is 44.2 Å². The van der Waals surface area contributed by atoms with E-state index in [0.717, 1.165) is 12.2 Å². The maximum atomic E-state index is 11.7. The molecule has 0 unspecified atom stereocenters. The largest absolute Gasteiger partial charge is 0.465 e. The van der Waals surface area contributed by atoms with E-state index in [9.17, 15) is 4.79 Å². The molecule has 1 fully saturated rings. The number of nitrogens with two attached hydrogens (primary N) is 1. The van der Waals surface area contributed by atoms with E-state index in [4.69, 9.17) is 10.5 Å². The summed E-state index contributed by atoms with van der Waals surface area (Å²) in [4.78, 5) is 14.0. The molecular weight excluding hydrogens is 266 g/mol. The lowest BCUT2D eigenvalue weighted by atomic mass is 9.96. The summed E-state index contributed by atoms with van der Waals surface area (Å²) in [5.41, 5.74) is 7.77. The first-order chi connectivity index (χ1) is 9.98. The van der Waals surface area contributed by atoms with Gasteiger partial charge in [0.2, 0.25) is 0 Å². The first kappa shape index (κ1) is 15.6. The minimum absolute atomic E-state index is 0.201. The van der Waals surface area contributed by atoms with E-state index in [2.05, 4.69) is 24.3 Å². The first-order valence-corrected chi connectivity index (χ1v) is 7.38. The monoisotopic (exact) mass is 291 g/mol. The van der Waals surface area contributed by atoms with Gasteiger partial charge >= 0.3 is 5.97 Å². The van der Waals surface area contributed by atoms with Crippen molar-refractivity contribution in [2.75, 3.05) is 38.8 Å². The van der Waals surface area contributed by atoms with Crippen LogP contribution in [0.15, 0.2) is 18.2 Å². The third-order valence-electron chi connectivity index (χ3n) is 4.56. The number of nitrogens with one attached hydrogen (secondary N) is 1. The van der Waals surface area contributed by atoms with Crippen LogP contribution < -0.4 is 11.1 Å². The summed E-state index contributed by atoms with van der Waals surface area (Å²) in [6.45, 7) is 0.866. The van der Waals surface area contributed by atoms with E-state index in [0.29, 0.717) is 11.3 Å². The number of nitrogens with zero attached hydrogens (tertiary/aromatic N) is 1. The Bertz CT molecular complexity index is 508. The number of carbonyl (C=O) groups is 1. The molecule has 0 bridgehead atoms. The molecule has 1 aromatic rings. The number of benzene rings is 1. The van der Waals surface area contributed by atoms with Gasteiger partial charge in [-0.15, -0.1) is 0 Å². The van der Waals surface area contributed by atoms with Gasteiger partial charge in [0.15, 0.2) is 0 Å². The number of carbonyl (C=O) groups excluding carboxylic acids is 1. The zero-order chi connectivity index (χ0) is 15.5. The number of nitrogen functional groups attached to an aromatic ring is 1. The number of methoxy groups -OCH3 is 1. The smallest absolute Gasteiger partial charge is 0.340 e. The minimum Gasteiger partial charge on any atom is -0.465 e. The second-order valence-corrected chi connectivity index (χ2v) is 5.97. The molecule has 1 aromatic carbocycles. The van der Waals surface area contributed by atoms with E-state index in [1.165, 1.54) is 32.8 Å². The summed E-state index contributed by atoms with van der Waals surface area (Å²) < 4.78 is 4.75. The molecule has 0 amide bonds. The maximum Gasteiger partial charge on any atom is 0.340 e. The quantitative estimate of drug-likeness (QED) is 0.644. The van der Waals surface area contributed by atoms with Gasteiger partial charge in [0.25, 0.3) is 0 Å². The summed E-state index contributed by atoms with van der Waals surface area (Å²) in [7, 11) is 5.63. The van der Waals surface area contributed by atoms with Crippen LogP contribution in [0.3, 0.4) is 0 Å². The SMILES string of the molecule is COC(=O)c1cc(NCC2(N(C)C)CCCC2)ccc1N. The minimum atomic E-state index is -0.403. The highest BCUT2D eigenvalue weighted by Crippen LogP contribution is 2.34. The molecule has 2 rings (SSSR count). The Labute approximate surface area is 126 Å². The van der Waals surface area contributed by atoms with Gasteiger partial charge in [0.1, 0.15) is 0 Å². The zero-order valence-corrected chi connectivity index (χ0v) is 13.1. The van der Waals surface area contributed by atoms with Crippen molar-refractivity contribution in [1.82, 2.24) is 4.90 Å². The molecule has 0 saturated heterocycles. The van der Waals surface area contributed by atoms with Crippen LogP contribution in [0.25, 0.3) is 0 Å². The summed E-state index contributed by atoms with van der Waals surface area (Å²) in [6, 6.07) is 5.41. The second kappa shape index (κ2) is 6.35. The molecule has 0 radical (unpaired) electrons. The summed E-state index contributed by atoms with van der Waals surface area (Å²) in [5.74, 6) is -0.403. The third kappa shape index (κ3) is 3.29. The van der Waals surface area contributed by atoms with Crippen molar-refractivity contribution in [3.05, 3.63) is 23.8 Å². The van der Waals surface area contributed by atoms with Crippen LogP contribution in [0.1, 0.15) is 36.0 Å². The molecule has 0 aliphatic heterocycles. The van der Waals surface area contributed by atoms with Crippen LogP contribution in [0, 0.1) is 0 Å². The highest BCUT2D eigenvalue weighted by Gasteiger charge is 2.35. The number of anilines is 2. The Balaban J connectivity index is 2.11. The molecule has 1 aliphatic rings. The average Bonchev–Trinajstić information content (AvgIpc) is 2.96. The number of hydrogen-bond donors (Lipinski definition) is 2. The van der Waals surface area contributed by atoms with E-state index < -0.39 is 5.97 Å². The normalized spacial score (nSPS) is 17.0. The molecule has 1 saturated carbocycles. The van der Waals surface area contributed by atoms with Gasteiger partial charge in [-0.1, -0.05) is 12.8 Å². The van der Waals surface area contributed by atoms with E-state index in [1.807, 2.05) is 6.07 Å². The van der Waals surface area contributed by atoms with Crippen LogP contribution in [-0.2, 0) is 4.74 Å². The molecule has 0 heterocycles. The van der Waals surface area contributed by atoms with E-state index in [-0.39, 0.29) is 5.54 Å². The molecular formula is C16H25N3O2. The standard InChI is InChI=1S/C16H25N3O2/c1-19(2)16(8-4-5-9-16)11-18-12-6-7-14(17)13(10-12)15(20)21-3/h6-7,10,18H,4-5,8-9,11,17H2,1-3H3. The molecule has 0 aromatic heterocycles. The topological polar surface area (TPSA) is 67.6 Å². The molecule has 0 atom stereocenters. The molecule has 1 aliphatic carbocycles. The van der Waals surface area contributed by atoms with Crippen molar-refractivity contribution in [3.8, 4) is 0 Å². The van der Waals surface area contributed by atoms with Crippen molar-refractivity contribution in [1.29, 1.82) is 0 Å². The Morgan fingerprint density at radius 3 is 2.62 bits per heavy atom. The van der Waals surface area contributed by atoms with Crippen molar-refractivity contribution in [3.63, 3.8) is 0 Å². The Morgan fingerprint density at radius 2 is 2.05 bits per heavy atom. The summed E-state index contributed by atoms with van der Waals surface area (Å²) >= 11 is 0. The van der Waals surface area contributed by atoms with E-state index in [1.54, 1.807) is 12.1 Å². The van der Waals surface area contributed by atoms with E-state index >= 15 is 0 Å². The highest BCUT2D eigenvalue weighted by atomic mass is 16.5. The molecule has 3 N–H and O–H groups in total. The summed E-state index contributed by atoms with van der Waals surface area (Å²) in [5, 5.41) is 3.45. The predicted molar refractivity (Wildman–Crippen MR) is 85.6 cm³/mol. The van der Waals surface area contributed by atoms with Gasteiger partial charge < -0.3 is 20.7 Å². The number of hydrogen-bond acceptors (Lipinski definition) is 5. The van der Waals surface area contributed by atoms with Gasteiger partial charge in [0.05, 0.1) is 12.7 Å². The fraction of sp³-hybridized carbons (Fsp3) is 0.562. The van der Waals surface area contributed by atoms with Gasteiger partial charge in [0, 0.05) is 23.5 Å². The fourth-order valence-corrected chi connectivity index (χ4v) is 3.03. The number of rotatable bonds is 5. The number of likely N-dealkylation sites (N-methyl/N-ethyl adjacent to an activating group) is 1. The first-order valence-electron chi connectivity index (χ1n) is 7.38. The van der Waals surface area contributed by atoms with Crippen molar-refractivity contribution >= 4 is 17.3 Å². The van der Waals surface area contributed by atoms with Crippen LogP contribution >= 0.6 is 0 Å². The Kier molecular flexibility index (Phi) is 4.73. The lowest BCUT2D eigenvalue weighted by Crippen LogP contribution is -2.47. The average molecular weight is 291 g/mol. The van der Waals surface area contributed by atoms with Gasteiger partial charge in [-0.3, -0.25) is 0 Å². The fourth-order valence-electron chi connectivity index (χ4n) is 3.03. The molecule has 5 nitrogen and oxygen atoms in total. The highest BCUT2D eigenvalue weighted by molar-refractivity contribution is 5.96. The lowest BCUT2D eigenvalue weighted by molar-refractivity contribution is 0.0602. The molecule has 0 spiro atoms. The Morgan fingerprint density at radius 1 is 1.38 bits per heavy atom.